The number of piperazine rings is 1. The molecule has 1 aliphatic carbocycles. The summed E-state index contributed by atoms with van der Waals surface area (Å²) in [5, 5.41) is 3.13. The van der Waals surface area contributed by atoms with Gasteiger partial charge in [0.15, 0.2) is 5.96 Å². The number of amides is 1. The number of anilines is 1. The second-order valence-corrected chi connectivity index (χ2v) is 7.41. The van der Waals surface area contributed by atoms with Crippen molar-refractivity contribution in [1.29, 1.82) is 0 Å². The van der Waals surface area contributed by atoms with E-state index in [1.54, 1.807) is 0 Å². The van der Waals surface area contributed by atoms with E-state index in [0.29, 0.717) is 24.3 Å². The molecule has 2 aliphatic rings. The normalized spacial score (nSPS) is 19.7. The summed E-state index contributed by atoms with van der Waals surface area (Å²) in [7, 11) is 0. The molecule has 1 amide bonds. The van der Waals surface area contributed by atoms with Crippen molar-refractivity contribution >= 4 is 17.6 Å². The van der Waals surface area contributed by atoms with E-state index < -0.39 is 0 Å². The van der Waals surface area contributed by atoms with Crippen LogP contribution in [0.4, 0.5) is 5.69 Å². The summed E-state index contributed by atoms with van der Waals surface area (Å²) in [6.07, 6.45) is 4.60. The van der Waals surface area contributed by atoms with Gasteiger partial charge in [0.05, 0.1) is 6.54 Å². The number of guanidine groups is 1. The number of nitrogens with two attached hydrogens (primary N) is 1. The Morgan fingerprint density at radius 1 is 1.23 bits per heavy atom. The van der Waals surface area contributed by atoms with Crippen LogP contribution >= 0.6 is 0 Å². The smallest absolute Gasteiger partial charge is 0.225 e. The van der Waals surface area contributed by atoms with E-state index in [1.165, 1.54) is 18.4 Å². The van der Waals surface area contributed by atoms with Crippen LogP contribution in [0.3, 0.4) is 0 Å². The van der Waals surface area contributed by atoms with Crippen molar-refractivity contribution in [3.8, 4) is 0 Å². The zero-order chi connectivity index (χ0) is 18.4. The van der Waals surface area contributed by atoms with E-state index in [1.807, 2.05) is 18.2 Å². The van der Waals surface area contributed by atoms with Crippen LogP contribution in [0.1, 0.15) is 31.2 Å². The van der Waals surface area contributed by atoms with E-state index in [9.17, 15) is 4.79 Å². The minimum absolute atomic E-state index is 0.290. The zero-order valence-electron chi connectivity index (χ0n) is 15.8. The van der Waals surface area contributed by atoms with Gasteiger partial charge in [0.2, 0.25) is 5.91 Å². The summed E-state index contributed by atoms with van der Waals surface area (Å²) >= 11 is 0. The van der Waals surface area contributed by atoms with Gasteiger partial charge in [0, 0.05) is 44.3 Å². The fourth-order valence-electron chi connectivity index (χ4n) is 3.84. The highest BCUT2D eigenvalue weighted by molar-refractivity contribution is 5.92. The van der Waals surface area contributed by atoms with Gasteiger partial charge in [-0.15, -0.1) is 0 Å². The lowest BCUT2D eigenvalue weighted by molar-refractivity contribution is -0.137. The van der Waals surface area contributed by atoms with Crippen LogP contribution in [0, 0.1) is 12.8 Å². The monoisotopic (exact) mass is 357 g/mol. The van der Waals surface area contributed by atoms with Crippen molar-refractivity contribution in [2.75, 3.05) is 44.6 Å². The highest BCUT2D eigenvalue weighted by atomic mass is 16.2. The lowest BCUT2D eigenvalue weighted by Gasteiger charge is -2.35. The Morgan fingerprint density at radius 3 is 2.65 bits per heavy atom. The first-order valence-corrected chi connectivity index (χ1v) is 9.76. The SMILES string of the molecule is Cc1cccc(NC(N)=NCCN2CCN(C(=O)C3CCCC3)CC2)c1. The highest BCUT2D eigenvalue weighted by Gasteiger charge is 2.29. The van der Waals surface area contributed by atoms with Crippen molar-refractivity contribution in [2.24, 2.45) is 16.6 Å². The minimum Gasteiger partial charge on any atom is -0.370 e. The molecule has 0 radical (unpaired) electrons. The van der Waals surface area contributed by atoms with Crippen molar-refractivity contribution in [1.82, 2.24) is 9.80 Å². The summed E-state index contributed by atoms with van der Waals surface area (Å²) in [5.74, 6) is 1.12. The molecule has 0 bridgehead atoms. The van der Waals surface area contributed by atoms with Gasteiger partial charge < -0.3 is 16.0 Å². The second-order valence-electron chi connectivity index (χ2n) is 7.41. The van der Waals surface area contributed by atoms with Crippen LogP contribution in [-0.4, -0.2) is 60.9 Å². The molecule has 0 spiro atoms. The van der Waals surface area contributed by atoms with Gasteiger partial charge in [0.1, 0.15) is 0 Å². The van der Waals surface area contributed by atoms with Gasteiger partial charge in [-0.3, -0.25) is 14.7 Å². The summed E-state index contributed by atoms with van der Waals surface area (Å²) in [4.78, 5) is 21.3. The third-order valence-corrected chi connectivity index (χ3v) is 5.38. The van der Waals surface area contributed by atoms with E-state index in [-0.39, 0.29) is 0 Å². The van der Waals surface area contributed by atoms with Gasteiger partial charge in [-0.1, -0.05) is 25.0 Å². The number of benzene rings is 1. The molecule has 1 heterocycles. The van der Waals surface area contributed by atoms with E-state index >= 15 is 0 Å². The van der Waals surface area contributed by atoms with Crippen LogP contribution in [0.2, 0.25) is 0 Å². The first-order chi connectivity index (χ1) is 12.6. The zero-order valence-corrected chi connectivity index (χ0v) is 15.8. The van der Waals surface area contributed by atoms with Crippen molar-refractivity contribution in [3.63, 3.8) is 0 Å². The van der Waals surface area contributed by atoms with E-state index in [4.69, 9.17) is 5.73 Å². The molecule has 0 unspecified atom stereocenters. The fraction of sp³-hybridized carbons (Fsp3) is 0.600. The molecule has 6 nitrogen and oxygen atoms in total. The highest BCUT2D eigenvalue weighted by Crippen LogP contribution is 2.26. The average molecular weight is 358 g/mol. The van der Waals surface area contributed by atoms with Gasteiger partial charge in [-0.2, -0.15) is 0 Å². The maximum absolute atomic E-state index is 12.5. The van der Waals surface area contributed by atoms with Gasteiger partial charge in [0.25, 0.3) is 0 Å². The molecule has 2 fully saturated rings. The van der Waals surface area contributed by atoms with E-state index in [0.717, 1.165) is 51.3 Å². The summed E-state index contributed by atoms with van der Waals surface area (Å²) in [5.41, 5.74) is 8.12. The number of carbonyl (C=O) groups is 1. The van der Waals surface area contributed by atoms with Crippen LogP contribution in [-0.2, 0) is 4.79 Å². The number of nitrogens with zero attached hydrogens (tertiary/aromatic N) is 3. The Kier molecular flexibility index (Phi) is 6.50. The molecule has 0 atom stereocenters. The first-order valence-electron chi connectivity index (χ1n) is 9.76. The van der Waals surface area contributed by atoms with Crippen molar-refractivity contribution in [3.05, 3.63) is 29.8 Å². The number of hydrogen-bond donors (Lipinski definition) is 2. The molecule has 1 saturated heterocycles. The Balaban J connectivity index is 1.37. The summed E-state index contributed by atoms with van der Waals surface area (Å²) < 4.78 is 0. The topological polar surface area (TPSA) is 74.0 Å². The number of hydrogen-bond acceptors (Lipinski definition) is 3. The number of aryl methyl sites for hydroxylation is 1. The molecule has 1 aliphatic heterocycles. The van der Waals surface area contributed by atoms with Crippen LogP contribution < -0.4 is 11.1 Å². The average Bonchev–Trinajstić information content (AvgIpc) is 3.16. The van der Waals surface area contributed by atoms with Gasteiger partial charge in [-0.05, 0) is 37.5 Å². The molecule has 26 heavy (non-hydrogen) atoms. The number of nitrogens with one attached hydrogen (secondary N) is 1. The quantitative estimate of drug-likeness (QED) is 0.625. The predicted octanol–water partition coefficient (Wildman–Crippen LogP) is 2.06. The Labute approximate surface area is 156 Å². The molecule has 0 aromatic heterocycles. The van der Waals surface area contributed by atoms with Crippen molar-refractivity contribution in [2.45, 2.75) is 32.6 Å². The maximum Gasteiger partial charge on any atom is 0.225 e. The van der Waals surface area contributed by atoms with Crippen molar-refractivity contribution < 1.29 is 4.79 Å². The Bertz CT molecular complexity index is 631. The largest absolute Gasteiger partial charge is 0.370 e. The summed E-state index contributed by atoms with van der Waals surface area (Å²) in [6, 6.07) is 8.08. The fourth-order valence-corrected chi connectivity index (χ4v) is 3.84. The lowest BCUT2D eigenvalue weighted by atomic mass is 10.1. The number of carbonyl (C=O) groups excluding carboxylic acids is 1. The Morgan fingerprint density at radius 2 is 1.96 bits per heavy atom. The Hall–Kier alpha value is -2.08. The van der Waals surface area contributed by atoms with Crippen LogP contribution in [0.15, 0.2) is 29.3 Å². The molecule has 142 valence electrons. The molecule has 1 aromatic carbocycles. The third kappa shape index (κ3) is 5.21. The lowest BCUT2D eigenvalue weighted by Crippen LogP contribution is -2.50. The predicted molar refractivity (Wildman–Crippen MR) is 106 cm³/mol. The molecule has 1 aromatic rings. The number of aliphatic imine (C=N–C) groups is 1. The standard InChI is InChI=1S/C20H31N5O/c1-16-5-4-8-18(15-16)23-20(21)22-9-10-24-11-13-25(14-12-24)19(26)17-6-2-3-7-17/h4-5,8,15,17H,2-3,6-7,9-14H2,1H3,(H3,21,22,23). The molecule has 3 rings (SSSR count). The van der Waals surface area contributed by atoms with Crippen LogP contribution in [0.25, 0.3) is 0 Å². The second kappa shape index (κ2) is 9.03. The minimum atomic E-state index is 0.290. The van der Waals surface area contributed by atoms with Crippen LogP contribution in [0.5, 0.6) is 0 Å². The molecule has 3 N–H and O–H groups in total. The maximum atomic E-state index is 12.5. The van der Waals surface area contributed by atoms with Gasteiger partial charge >= 0.3 is 0 Å². The molecule has 6 heteroatoms. The molecular formula is C20H31N5O. The van der Waals surface area contributed by atoms with Gasteiger partial charge in [-0.25, -0.2) is 0 Å². The summed E-state index contributed by atoms with van der Waals surface area (Å²) in [6.45, 7) is 7.14. The number of rotatable bonds is 5. The molecular weight excluding hydrogens is 326 g/mol. The third-order valence-electron chi connectivity index (χ3n) is 5.38. The molecule has 1 saturated carbocycles. The van der Waals surface area contributed by atoms with E-state index in [2.05, 4.69) is 33.1 Å². The first kappa shape index (κ1) is 18.7.